The van der Waals surface area contributed by atoms with Crippen molar-refractivity contribution in [2.45, 2.75) is 20.4 Å². The molecule has 0 spiro atoms. The third kappa shape index (κ3) is 4.20. The lowest BCUT2D eigenvalue weighted by Gasteiger charge is -2.06. The predicted molar refractivity (Wildman–Crippen MR) is 87.8 cm³/mol. The standard InChI is InChI=1S/C17H21N3O4/c1-11-14(17(22)24-9-8-23-3)12(2)20-15(11)16(21)19-10-13-6-4-5-7-18-13/h4-7,20H,8-10H2,1-3H3,(H,19,21). The number of H-pyrrole nitrogens is 1. The summed E-state index contributed by atoms with van der Waals surface area (Å²) >= 11 is 0. The minimum Gasteiger partial charge on any atom is -0.460 e. The van der Waals surface area contributed by atoms with Crippen LogP contribution in [0.3, 0.4) is 0 Å². The maximum absolute atomic E-state index is 12.3. The van der Waals surface area contributed by atoms with E-state index in [0.29, 0.717) is 35.7 Å². The molecule has 0 bridgehead atoms. The van der Waals surface area contributed by atoms with Gasteiger partial charge in [-0.1, -0.05) is 6.07 Å². The molecule has 0 atom stereocenters. The predicted octanol–water partition coefficient (Wildman–Crippen LogP) is 1.76. The first kappa shape index (κ1) is 17.7. The van der Waals surface area contributed by atoms with Crippen molar-refractivity contribution in [1.29, 1.82) is 0 Å². The van der Waals surface area contributed by atoms with E-state index in [1.807, 2.05) is 18.2 Å². The fourth-order valence-corrected chi connectivity index (χ4v) is 2.34. The molecule has 0 radical (unpaired) electrons. The monoisotopic (exact) mass is 331 g/mol. The molecule has 7 heteroatoms. The summed E-state index contributed by atoms with van der Waals surface area (Å²) in [6, 6.07) is 5.49. The van der Waals surface area contributed by atoms with Crippen LogP contribution in [0, 0.1) is 13.8 Å². The molecular weight excluding hydrogens is 310 g/mol. The molecule has 2 aromatic rings. The lowest BCUT2D eigenvalue weighted by Crippen LogP contribution is -2.24. The van der Waals surface area contributed by atoms with Crippen LogP contribution in [0.4, 0.5) is 0 Å². The first-order valence-electron chi connectivity index (χ1n) is 7.58. The van der Waals surface area contributed by atoms with Crippen LogP contribution in [0.2, 0.25) is 0 Å². The zero-order valence-electron chi connectivity index (χ0n) is 14.0. The van der Waals surface area contributed by atoms with Gasteiger partial charge >= 0.3 is 5.97 Å². The van der Waals surface area contributed by atoms with E-state index in [2.05, 4.69) is 15.3 Å². The highest BCUT2D eigenvalue weighted by atomic mass is 16.6. The van der Waals surface area contributed by atoms with Gasteiger partial charge in [0.1, 0.15) is 12.3 Å². The SMILES string of the molecule is COCCOC(=O)c1c(C)[nH]c(C(=O)NCc2ccccn2)c1C. The number of pyridine rings is 1. The van der Waals surface area contributed by atoms with Crippen LogP contribution in [-0.4, -0.2) is 42.2 Å². The fraction of sp³-hybridized carbons (Fsp3) is 0.353. The summed E-state index contributed by atoms with van der Waals surface area (Å²) in [5, 5.41) is 2.78. The van der Waals surface area contributed by atoms with Gasteiger partial charge in [0.25, 0.3) is 5.91 Å². The molecule has 2 N–H and O–H groups in total. The van der Waals surface area contributed by atoms with Crippen molar-refractivity contribution in [2.24, 2.45) is 0 Å². The molecular formula is C17H21N3O4. The van der Waals surface area contributed by atoms with Crippen molar-refractivity contribution in [2.75, 3.05) is 20.3 Å². The van der Waals surface area contributed by atoms with Gasteiger partial charge in [0.2, 0.25) is 0 Å². The van der Waals surface area contributed by atoms with Crippen LogP contribution >= 0.6 is 0 Å². The first-order chi connectivity index (χ1) is 11.5. The molecule has 0 saturated heterocycles. The Hall–Kier alpha value is -2.67. The van der Waals surface area contributed by atoms with E-state index in [4.69, 9.17) is 9.47 Å². The lowest BCUT2D eigenvalue weighted by atomic mass is 10.1. The summed E-state index contributed by atoms with van der Waals surface area (Å²) in [6.07, 6.45) is 1.67. The van der Waals surface area contributed by atoms with Crippen molar-refractivity contribution < 1.29 is 19.1 Å². The number of nitrogens with zero attached hydrogens (tertiary/aromatic N) is 1. The van der Waals surface area contributed by atoms with E-state index in [1.54, 1.807) is 20.0 Å². The fourth-order valence-electron chi connectivity index (χ4n) is 2.34. The van der Waals surface area contributed by atoms with Gasteiger partial charge in [0.05, 0.1) is 24.4 Å². The Kier molecular flexibility index (Phi) is 6.08. The highest BCUT2D eigenvalue weighted by Crippen LogP contribution is 2.19. The van der Waals surface area contributed by atoms with Gasteiger partial charge in [-0.05, 0) is 31.5 Å². The van der Waals surface area contributed by atoms with E-state index in [1.165, 1.54) is 7.11 Å². The Morgan fingerprint density at radius 1 is 1.25 bits per heavy atom. The first-order valence-corrected chi connectivity index (χ1v) is 7.58. The summed E-state index contributed by atoms with van der Waals surface area (Å²) in [4.78, 5) is 31.6. The Labute approximate surface area is 140 Å². The van der Waals surface area contributed by atoms with Gasteiger partial charge < -0.3 is 19.8 Å². The minimum atomic E-state index is -0.470. The van der Waals surface area contributed by atoms with Gasteiger partial charge in [-0.25, -0.2) is 4.79 Å². The quantitative estimate of drug-likeness (QED) is 0.596. The van der Waals surface area contributed by atoms with Gasteiger partial charge in [0.15, 0.2) is 0 Å². The number of esters is 1. The van der Waals surface area contributed by atoms with Crippen LogP contribution < -0.4 is 5.32 Å². The number of nitrogens with one attached hydrogen (secondary N) is 2. The molecule has 0 aliphatic rings. The highest BCUT2D eigenvalue weighted by Gasteiger charge is 2.22. The van der Waals surface area contributed by atoms with Crippen LogP contribution in [0.5, 0.6) is 0 Å². The Morgan fingerprint density at radius 3 is 2.71 bits per heavy atom. The number of aromatic nitrogens is 2. The number of ether oxygens (including phenoxy) is 2. The Balaban J connectivity index is 2.06. The number of hydrogen-bond donors (Lipinski definition) is 2. The molecule has 2 aromatic heterocycles. The van der Waals surface area contributed by atoms with Crippen molar-refractivity contribution in [3.8, 4) is 0 Å². The maximum Gasteiger partial charge on any atom is 0.340 e. The molecule has 0 saturated carbocycles. The van der Waals surface area contributed by atoms with E-state index in [0.717, 1.165) is 5.69 Å². The number of carbonyl (C=O) groups excluding carboxylic acids is 2. The van der Waals surface area contributed by atoms with E-state index in [-0.39, 0.29) is 12.5 Å². The third-order valence-corrected chi connectivity index (χ3v) is 3.55. The molecule has 128 valence electrons. The largest absolute Gasteiger partial charge is 0.460 e. The van der Waals surface area contributed by atoms with Crippen LogP contribution in [-0.2, 0) is 16.0 Å². The maximum atomic E-state index is 12.3. The molecule has 2 heterocycles. The zero-order chi connectivity index (χ0) is 17.5. The molecule has 0 aliphatic heterocycles. The van der Waals surface area contributed by atoms with E-state index >= 15 is 0 Å². The summed E-state index contributed by atoms with van der Waals surface area (Å²) in [5.74, 6) is -0.765. The second-order valence-electron chi connectivity index (χ2n) is 5.26. The molecule has 0 aromatic carbocycles. The van der Waals surface area contributed by atoms with E-state index in [9.17, 15) is 9.59 Å². The number of amides is 1. The molecule has 2 rings (SSSR count). The average Bonchev–Trinajstić information content (AvgIpc) is 2.88. The molecule has 0 fully saturated rings. The number of aromatic amines is 1. The number of rotatable bonds is 7. The third-order valence-electron chi connectivity index (χ3n) is 3.55. The van der Waals surface area contributed by atoms with Crippen molar-refractivity contribution in [3.05, 3.63) is 52.6 Å². The van der Waals surface area contributed by atoms with Gasteiger partial charge in [-0.3, -0.25) is 9.78 Å². The molecule has 0 unspecified atom stereocenters. The van der Waals surface area contributed by atoms with Gasteiger partial charge in [-0.2, -0.15) is 0 Å². The number of aryl methyl sites for hydroxylation is 1. The summed E-state index contributed by atoms with van der Waals surface area (Å²) < 4.78 is 9.98. The van der Waals surface area contributed by atoms with E-state index < -0.39 is 5.97 Å². The van der Waals surface area contributed by atoms with Crippen LogP contribution in [0.25, 0.3) is 0 Å². The topological polar surface area (TPSA) is 93.3 Å². The van der Waals surface area contributed by atoms with Crippen molar-refractivity contribution in [1.82, 2.24) is 15.3 Å². The highest BCUT2D eigenvalue weighted by molar-refractivity contribution is 6.00. The summed E-state index contributed by atoms with van der Waals surface area (Å²) in [5.41, 5.74) is 2.65. The average molecular weight is 331 g/mol. The number of methoxy groups -OCH3 is 1. The van der Waals surface area contributed by atoms with Crippen molar-refractivity contribution in [3.63, 3.8) is 0 Å². The number of carbonyl (C=O) groups is 2. The second kappa shape index (κ2) is 8.26. The van der Waals surface area contributed by atoms with Gasteiger partial charge in [0, 0.05) is 19.0 Å². The molecule has 0 aliphatic carbocycles. The second-order valence-corrected chi connectivity index (χ2v) is 5.26. The molecule has 1 amide bonds. The van der Waals surface area contributed by atoms with Gasteiger partial charge in [-0.15, -0.1) is 0 Å². The molecule has 7 nitrogen and oxygen atoms in total. The minimum absolute atomic E-state index is 0.167. The molecule has 24 heavy (non-hydrogen) atoms. The zero-order valence-corrected chi connectivity index (χ0v) is 14.0. The Morgan fingerprint density at radius 2 is 2.04 bits per heavy atom. The van der Waals surface area contributed by atoms with Crippen molar-refractivity contribution >= 4 is 11.9 Å². The smallest absolute Gasteiger partial charge is 0.340 e. The van der Waals surface area contributed by atoms with Crippen LogP contribution in [0.1, 0.15) is 37.8 Å². The summed E-state index contributed by atoms with van der Waals surface area (Å²) in [6.45, 7) is 4.25. The normalized spacial score (nSPS) is 10.5. The number of hydrogen-bond acceptors (Lipinski definition) is 5. The Bertz CT molecular complexity index is 710. The van der Waals surface area contributed by atoms with Crippen LogP contribution in [0.15, 0.2) is 24.4 Å². The lowest BCUT2D eigenvalue weighted by molar-refractivity contribution is 0.0387. The summed E-state index contributed by atoms with van der Waals surface area (Å²) in [7, 11) is 1.53.